The first-order chi connectivity index (χ1) is 13.2. The number of anilines is 1. The third-order valence-corrected chi connectivity index (χ3v) is 5.45. The SMILES string of the molecule is COc1cccc(Cc2nn(-c3ccc(C)c(C)c3)c3c2CCCCN3)c1. The number of fused-ring (bicyclic) bond motifs is 1. The van der Waals surface area contributed by atoms with Crippen molar-refractivity contribution in [2.24, 2.45) is 0 Å². The molecule has 2 heterocycles. The molecule has 0 bridgehead atoms. The molecule has 0 fully saturated rings. The van der Waals surface area contributed by atoms with Gasteiger partial charge in [-0.2, -0.15) is 5.10 Å². The van der Waals surface area contributed by atoms with Crippen LogP contribution in [0.4, 0.5) is 5.82 Å². The van der Waals surface area contributed by atoms with Crippen LogP contribution >= 0.6 is 0 Å². The Morgan fingerprint density at radius 2 is 1.96 bits per heavy atom. The first kappa shape index (κ1) is 17.7. The third kappa shape index (κ3) is 3.57. The number of hydrogen-bond donors (Lipinski definition) is 1. The second-order valence-corrected chi connectivity index (χ2v) is 7.37. The quantitative estimate of drug-likeness (QED) is 0.723. The highest BCUT2D eigenvalue weighted by Crippen LogP contribution is 2.30. The number of hydrogen-bond acceptors (Lipinski definition) is 3. The van der Waals surface area contributed by atoms with Crippen molar-refractivity contribution in [1.82, 2.24) is 9.78 Å². The number of nitrogens with zero attached hydrogens (tertiary/aromatic N) is 2. The van der Waals surface area contributed by atoms with Gasteiger partial charge in [0.1, 0.15) is 11.6 Å². The van der Waals surface area contributed by atoms with Crippen molar-refractivity contribution in [1.29, 1.82) is 0 Å². The van der Waals surface area contributed by atoms with E-state index in [2.05, 4.69) is 54.2 Å². The molecule has 27 heavy (non-hydrogen) atoms. The summed E-state index contributed by atoms with van der Waals surface area (Å²) in [6.07, 6.45) is 4.29. The zero-order valence-corrected chi connectivity index (χ0v) is 16.4. The first-order valence-electron chi connectivity index (χ1n) is 9.71. The van der Waals surface area contributed by atoms with Gasteiger partial charge in [-0.15, -0.1) is 0 Å². The van der Waals surface area contributed by atoms with Gasteiger partial charge in [0.25, 0.3) is 0 Å². The van der Waals surface area contributed by atoms with Gasteiger partial charge < -0.3 is 10.1 Å². The van der Waals surface area contributed by atoms with Crippen LogP contribution in [0.15, 0.2) is 42.5 Å². The van der Waals surface area contributed by atoms with Crippen molar-refractivity contribution in [3.8, 4) is 11.4 Å². The molecule has 0 radical (unpaired) electrons. The van der Waals surface area contributed by atoms with E-state index in [1.807, 2.05) is 12.1 Å². The summed E-state index contributed by atoms with van der Waals surface area (Å²) < 4.78 is 7.49. The van der Waals surface area contributed by atoms with E-state index in [-0.39, 0.29) is 0 Å². The number of nitrogens with one attached hydrogen (secondary N) is 1. The molecule has 140 valence electrons. The molecule has 0 unspecified atom stereocenters. The maximum Gasteiger partial charge on any atom is 0.133 e. The van der Waals surface area contributed by atoms with Crippen LogP contribution in [0.1, 0.15) is 40.8 Å². The summed E-state index contributed by atoms with van der Waals surface area (Å²) in [5.74, 6) is 2.05. The Balaban J connectivity index is 1.77. The van der Waals surface area contributed by atoms with Gasteiger partial charge in [-0.25, -0.2) is 4.68 Å². The lowest BCUT2D eigenvalue weighted by Crippen LogP contribution is -2.07. The van der Waals surface area contributed by atoms with Gasteiger partial charge in [0, 0.05) is 18.5 Å². The smallest absolute Gasteiger partial charge is 0.133 e. The van der Waals surface area contributed by atoms with Crippen molar-refractivity contribution in [2.75, 3.05) is 19.0 Å². The average molecular weight is 361 g/mol. The minimum atomic E-state index is 0.819. The summed E-state index contributed by atoms with van der Waals surface area (Å²) in [6.45, 7) is 5.31. The lowest BCUT2D eigenvalue weighted by Gasteiger charge is -2.11. The molecule has 3 aromatic rings. The van der Waals surface area contributed by atoms with Crippen molar-refractivity contribution in [3.05, 3.63) is 70.4 Å². The molecule has 1 aromatic heterocycles. The molecule has 1 aliphatic rings. The average Bonchev–Trinajstić information content (AvgIpc) is 2.85. The van der Waals surface area contributed by atoms with E-state index in [0.717, 1.165) is 42.3 Å². The molecule has 1 aliphatic heterocycles. The van der Waals surface area contributed by atoms with Gasteiger partial charge in [-0.3, -0.25) is 0 Å². The first-order valence-corrected chi connectivity index (χ1v) is 9.71. The normalized spacial score (nSPS) is 13.6. The highest BCUT2D eigenvalue weighted by molar-refractivity contribution is 5.56. The summed E-state index contributed by atoms with van der Waals surface area (Å²) >= 11 is 0. The molecule has 1 N–H and O–H groups in total. The predicted molar refractivity (Wildman–Crippen MR) is 110 cm³/mol. The lowest BCUT2D eigenvalue weighted by molar-refractivity contribution is 0.414. The summed E-state index contributed by atoms with van der Waals surface area (Å²) in [7, 11) is 1.71. The van der Waals surface area contributed by atoms with Gasteiger partial charge in [-0.1, -0.05) is 18.2 Å². The van der Waals surface area contributed by atoms with Crippen LogP contribution < -0.4 is 10.1 Å². The number of methoxy groups -OCH3 is 1. The molecule has 2 aromatic carbocycles. The van der Waals surface area contributed by atoms with Crippen LogP contribution in [-0.2, 0) is 12.8 Å². The van der Waals surface area contributed by atoms with E-state index >= 15 is 0 Å². The fourth-order valence-corrected chi connectivity index (χ4v) is 3.74. The zero-order chi connectivity index (χ0) is 18.8. The molecule has 0 aliphatic carbocycles. The van der Waals surface area contributed by atoms with E-state index in [1.165, 1.54) is 35.1 Å². The molecule has 0 saturated heterocycles. The Morgan fingerprint density at radius 1 is 1.07 bits per heavy atom. The monoisotopic (exact) mass is 361 g/mol. The minimum Gasteiger partial charge on any atom is -0.497 e. The molecule has 0 spiro atoms. The number of aromatic nitrogens is 2. The Kier molecular flexibility index (Phi) is 4.88. The summed E-state index contributed by atoms with van der Waals surface area (Å²) in [4.78, 5) is 0. The molecule has 0 atom stereocenters. The Labute approximate surface area is 161 Å². The maximum absolute atomic E-state index is 5.39. The van der Waals surface area contributed by atoms with Crippen LogP contribution in [0.2, 0.25) is 0 Å². The molecule has 4 nitrogen and oxygen atoms in total. The van der Waals surface area contributed by atoms with Crippen molar-refractivity contribution >= 4 is 5.82 Å². The van der Waals surface area contributed by atoms with E-state index in [9.17, 15) is 0 Å². The van der Waals surface area contributed by atoms with Crippen LogP contribution in [0.3, 0.4) is 0 Å². The minimum absolute atomic E-state index is 0.819. The van der Waals surface area contributed by atoms with Crippen LogP contribution in [0.5, 0.6) is 5.75 Å². The maximum atomic E-state index is 5.39. The largest absolute Gasteiger partial charge is 0.497 e. The van der Waals surface area contributed by atoms with E-state index in [1.54, 1.807) is 7.11 Å². The Hall–Kier alpha value is -2.75. The van der Waals surface area contributed by atoms with Gasteiger partial charge in [0.2, 0.25) is 0 Å². The van der Waals surface area contributed by atoms with E-state index in [4.69, 9.17) is 9.84 Å². The topological polar surface area (TPSA) is 39.1 Å². The van der Waals surface area contributed by atoms with Crippen molar-refractivity contribution in [2.45, 2.75) is 39.5 Å². The second-order valence-electron chi connectivity index (χ2n) is 7.37. The number of ether oxygens (including phenoxy) is 1. The number of aryl methyl sites for hydroxylation is 2. The second kappa shape index (κ2) is 7.47. The van der Waals surface area contributed by atoms with E-state index < -0.39 is 0 Å². The summed E-state index contributed by atoms with van der Waals surface area (Å²) in [5.41, 5.74) is 7.47. The fourth-order valence-electron chi connectivity index (χ4n) is 3.74. The highest BCUT2D eigenvalue weighted by Gasteiger charge is 2.21. The third-order valence-electron chi connectivity index (χ3n) is 5.45. The molecule has 4 heteroatoms. The predicted octanol–water partition coefficient (Wildman–Crippen LogP) is 4.84. The molecular weight excluding hydrogens is 334 g/mol. The molecule has 4 rings (SSSR count). The van der Waals surface area contributed by atoms with Crippen LogP contribution in [0, 0.1) is 13.8 Å². The van der Waals surface area contributed by atoms with Crippen molar-refractivity contribution in [3.63, 3.8) is 0 Å². The van der Waals surface area contributed by atoms with Crippen LogP contribution in [-0.4, -0.2) is 23.4 Å². The van der Waals surface area contributed by atoms with Crippen LogP contribution in [0.25, 0.3) is 5.69 Å². The molecular formula is C23H27N3O. The van der Waals surface area contributed by atoms with E-state index in [0.29, 0.717) is 0 Å². The van der Waals surface area contributed by atoms with Gasteiger partial charge in [-0.05, 0) is 74.1 Å². The number of rotatable bonds is 4. The zero-order valence-electron chi connectivity index (χ0n) is 16.4. The Morgan fingerprint density at radius 3 is 2.78 bits per heavy atom. The fraction of sp³-hybridized carbons (Fsp3) is 0.348. The lowest BCUT2D eigenvalue weighted by atomic mass is 10.0. The number of benzene rings is 2. The summed E-state index contributed by atoms with van der Waals surface area (Å²) in [6, 6.07) is 14.9. The highest BCUT2D eigenvalue weighted by atomic mass is 16.5. The van der Waals surface area contributed by atoms with Gasteiger partial charge in [0.15, 0.2) is 0 Å². The molecule has 0 saturated carbocycles. The Bertz CT molecular complexity index is 958. The standard InChI is InChI=1S/C23H27N3O/c1-16-10-11-19(13-17(16)2)26-23-21(9-4-5-12-24-23)22(25-26)15-18-7-6-8-20(14-18)27-3/h6-8,10-11,13-14,24H,4-5,9,12,15H2,1-3H3. The van der Waals surface area contributed by atoms with Crippen molar-refractivity contribution < 1.29 is 4.74 Å². The van der Waals surface area contributed by atoms with Gasteiger partial charge in [0.05, 0.1) is 18.5 Å². The molecule has 0 amide bonds. The van der Waals surface area contributed by atoms with Gasteiger partial charge >= 0.3 is 0 Å². The summed E-state index contributed by atoms with van der Waals surface area (Å²) in [5, 5.41) is 8.67.